The van der Waals surface area contributed by atoms with Gasteiger partial charge in [0.15, 0.2) is 6.79 Å². The van der Waals surface area contributed by atoms with E-state index in [9.17, 15) is 0 Å². The monoisotopic (exact) mass is 220 g/mol. The van der Waals surface area contributed by atoms with E-state index in [1.807, 2.05) is 6.92 Å². The maximum Gasteiger partial charge on any atom is 0.189 e. The van der Waals surface area contributed by atoms with E-state index in [0.29, 0.717) is 22.4 Å². The molecule has 1 aromatic carbocycles. The Labute approximate surface area is 87.4 Å². The quantitative estimate of drug-likeness (QED) is 0.573. The molecule has 0 fully saturated rings. The van der Waals surface area contributed by atoms with Crippen LogP contribution in [0.2, 0.25) is 10.0 Å². The topological polar surface area (TPSA) is 18.5 Å². The second-order valence-corrected chi connectivity index (χ2v) is 3.15. The van der Waals surface area contributed by atoms with E-state index in [2.05, 4.69) is 0 Å². The van der Waals surface area contributed by atoms with E-state index < -0.39 is 0 Å². The molecule has 1 aromatic rings. The lowest BCUT2D eigenvalue weighted by molar-refractivity contribution is 0.0224. The summed E-state index contributed by atoms with van der Waals surface area (Å²) in [4.78, 5) is 0. The predicted octanol–water partition coefficient (Wildman–Crippen LogP) is 3.37. The lowest BCUT2D eigenvalue weighted by Gasteiger charge is -2.06. The highest BCUT2D eigenvalue weighted by Crippen LogP contribution is 2.26. The van der Waals surface area contributed by atoms with Gasteiger partial charge in [-0.15, -0.1) is 0 Å². The molecule has 0 bridgehead atoms. The van der Waals surface area contributed by atoms with Gasteiger partial charge in [0.25, 0.3) is 0 Å². The first kappa shape index (κ1) is 10.6. The molecule has 0 heterocycles. The van der Waals surface area contributed by atoms with Crippen LogP contribution in [0.25, 0.3) is 0 Å². The van der Waals surface area contributed by atoms with Gasteiger partial charge < -0.3 is 9.47 Å². The van der Waals surface area contributed by atoms with Gasteiger partial charge in [-0.3, -0.25) is 0 Å². The van der Waals surface area contributed by atoms with Gasteiger partial charge in [-0.25, -0.2) is 0 Å². The van der Waals surface area contributed by atoms with Crippen LogP contribution in [0, 0.1) is 0 Å². The van der Waals surface area contributed by atoms with Crippen LogP contribution in [0.4, 0.5) is 0 Å². The van der Waals surface area contributed by atoms with Crippen LogP contribution in [0.15, 0.2) is 18.2 Å². The largest absolute Gasteiger partial charge is 0.468 e. The fraction of sp³-hybridized carbons (Fsp3) is 0.333. The number of hydrogen-bond donors (Lipinski definition) is 0. The molecule has 72 valence electrons. The summed E-state index contributed by atoms with van der Waals surface area (Å²) in [5.74, 6) is 0.655. The molecule has 0 spiro atoms. The van der Waals surface area contributed by atoms with Crippen molar-refractivity contribution in [2.24, 2.45) is 0 Å². The van der Waals surface area contributed by atoms with E-state index in [1.54, 1.807) is 18.2 Å². The zero-order valence-electron chi connectivity index (χ0n) is 7.22. The third kappa shape index (κ3) is 3.43. The molecule has 0 saturated carbocycles. The van der Waals surface area contributed by atoms with E-state index in [4.69, 9.17) is 32.7 Å². The number of hydrogen-bond acceptors (Lipinski definition) is 2. The first-order valence-electron chi connectivity index (χ1n) is 3.89. The molecule has 0 radical (unpaired) electrons. The summed E-state index contributed by atoms with van der Waals surface area (Å²) in [6, 6.07) is 5.08. The number of ether oxygens (including phenoxy) is 2. The van der Waals surface area contributed by atoms with Crippen molar-refractivity contribution >= 4 is 23.2 Å². The van der Waals surface area contributed by atoms with Crippen molar-refractivity contribution in [1.82, 2.24) is 0 Å². The van der Waals surface area contributed by atoms with E-state index in [0.717, 1.165) is 0 Å². The first-order chi connectivity index (χ1) is 6.24. The number of rotatable bonds is 4. The van der Waals surface area contributed by atoms with Crippen molar-refractivity contribution in [3.05, 3.63) is 28.2 Å². The number of halogens is 2. The zero-order valence-corrected chi connectivity index (χ0v) is 8.73. The summed E-state index contributed by atoms with van der Waals surface area (Å²) in [6.45, 7) is 2.76. The van der Waals surface area contributed by atoms with Crippen LogP contribution < -0.4 is 4.74 Å². The normalized spacial score (nSPS) is 10.1. The lowest BCUT2D eigenvalue weighted by Crippen LogP contribution is -2.01. The fourth-order valence-electron chi connectivity index (χ4n) is 0.760. The van der Waals surface area contributed by atoms with Gasteiger partial charge in [0.2, 0.25) is 0 Å². The Kier molecular flexibility index (Phi) is 4.36. The third-order valence-electron chi connectivity index (χ3n) is 1.40. The summed E-state index contributed by atoms with van der Waals surface area (Å²) in [7, 11) is 0. The highest BCUT2D eigenvalue weighted by Gasteiger charge is 1.99. The average molecular weight is 221 g/mol. The Hall–Kier alpha value is -0.440. The van der Waals surface area contributed by atoms with E-state index in [-0.39, 0.29) is 6.79 Å². The third-order valence-corrected chi connectivity index (χ3v) is 2.14. The van der Waals surface area contributed by atoms with E-state index >= 15 is 0 Å². The summed E-state index contributed by atoms with van der Waals surface area (Å²) in [6.07, 6.45) is 0. The van der Waals surface area contributed by atoms with Gasteiger partial charge in [-0.05, 0) is 19.1 Å². The zero-order chi connectivity index (χ0) is 9.68. The van der Waals surface area contributed by atoms with Gasteiger partial charge in [0.1, 0.15) is 5.75 Å². The maximum atomic E-state index is 5.77. The van der Waals surface area contributed by atoms with Crippen molar-refractivity contribution in [2.45, 2.75) is 6.92 Å². The van der Waals surface area contributed by atoms with Crippen molar-refractivity contribution in [1.29, 1.82) is 0 Å². The minimum Gasteiger partial charge on any atom is -0.468 e. The van der Waals surface area contributed by atoms with Crippen molar-refractivity contribution in [3.63, 3.8) is 0 Å². The van der Waals surface area contributed by atoms with E-state index in [1.165, 1.54) is 0 Å². The van der Waals surface area contributed by atoms with Crippen LogP contribution in [-0.4, -0.2) is 13.4 Å². The Morgan fingerprint density at radius 2 is 2.00 bits per heavy atom. The summed E-state index contributed by atoms with van der Waals surface area (Å²) < 4.78 is 10.2. The summed E-state index contributed by atoms with van der Waals surface area (Å²) in [5.41, 5.74) is 0. The molecule has 0 aliphatic heterocycles. The van der Waals surface area contributed by atoms with Gasteiger partial charge in [0.05, 0.1) is 10.0 Å². The molecule has 2 nitrogen and oxygen atoms in total. The molecule has 1 rings (SSSR count). The molecule has 0 aliphatic carbocycles. The molecule has 0 unspecified atom stereocenters. The van der Waals surface area contributed by atoms with Gasteiger partial charge in [-0.2, -0.15) is 0 Å². The Morgan fingerprint density at radius 1 is 1.23 bits per heavy atom. The number of benzene rings is 1. The second kappa shape index (κ2) is 5.32. The Balaban J connectivity index is 2.53. The molecule has 0 saturated heterocycles. The smallest absolute Gasteiger partial charge is 0.189 e. The first-order valence-corrected chi connectivity index (χ1v) is 4.65. The van der Waals surface area contributed by atoms with Crippen molar-refractivity contribution in [2.75, 3.05) is 13.4 Å². The average Bonchev–Trinajstić information content (AvgIpc) is 2.12. The predicted molar refractivity (Wildman–Crippen MR) is 53.6 cm³/mol. The minimum atomic E-state index is 0.231. The van der Waals surface area contributed by atoms with Crippen molar-refractivity contribution in [3.8, 4) is 5.75 Å². The lowest BCUT2D eigenvalue weighted by atomic mass is 10.3. The van der Waals surface area contributed by atoms with Crippen LogP contribution in [0.5, 0.6) is 5.75 Å². The summed E-state index contributed by atoms with van der Waals surface area (Å²) in [5, 5.41) is 1.00. The highest BCUT2D eigenvalue weighted by atomic mass is 35.5. The van der Waals surface area contributed by atoms with Crippen molar-refractivity contribution < 1.29 is 9.47 Å². The molecular formula is C9H10Cl2O2. The van der Waals surface area contributed by atoms with Gasteiger partial charge in [0, 0.05) is 12.7 Å². The highest BCUT2D eigenvalue weighted by molar-refractivity contribution is 6.42. The standard InChI is InChI=1S/C9H10Cl2O2/c1-2-12-6-13-7-3-4-8(10)9(11)5-7/h3-5H,2,6H2,1H3. The van der Waals surface area contributed by atoms with Gasteiger partial charge in [-0.1, -0.05) is 23.2 Å². The van der Waals surface area contributed by atoms with Crippen LogP contribution in [0.1, 0.15) is 6.92 Å². The second-order valence-electron chi connectivity index (χ2n) is 2.33. The molecule has 13 heavy (non-hydrogen) atoms. The Bertz CT molecular complexity index is 276. The molecule has 0 aliphatic rings. The molecule has 0 atom stereocenters. The van der Waals surface area contributed by atoms with Crippen LogP contribution in [0.3, 0.4) is 0 Å². The minimum absolute atomic E-state index is 0.231. The molecular weight excluding hydrogens is 211 g/mol. The fourth-order valence-corrected chi connectivity index (χ4v) is 1.05. The maximum absolute atomic E-state index is 5.77. The van der Waals surface area contributed by atoms with Gasteiger partial charge >= 0.3 is 0 Å². The summed E-state index contributed by atoms with van der Waals surface area (Å²) >= 11 is 11.5. The molecule has 0 aromatic heterocycles. The van der Waals surface area contributed by atoms with Crippen LogP contribution >= 0.6 is 23.2 Å². The van der Waals surface area contributed by atoms with Crippen LogP contribution in [-0.2, 0) is 4.74 Å². The molecule has 0 N–H and O–H groups in total. The molecule has 0 amide bonds. The Morgan fingerprint density at radius 3 is 2.62 bits per heavy atom. The molecule has 4 heteroatoms. The SMILES string of the molecule is CCOCOc1ccc(Cl)c(Cl)c1.